The molecule has 0 bridgehead atoms. The molecule has 1 aliphatic heterocycles. The number of cyclic esters (lactones) is 1. The number of primary amides is 1. The molecule has 20 N–H and O–H groups in total. The van der Waals surface area contributed by atoms with E-state index in [0.717, 1.165) is 18.1 Å². The summed E-state index contributed by atoms with van der Waals surface area (Å²) >= 11 is 0. The maximum atomic E-state index is 14.8. The second kappa shape index (κ2) is 44.1. The molecular formula is C76H102N14O22. The molecule has 0 unspecified atom stereocenters. The van der Waals surface area contributed by atoms with Gasteiger partial charge in [-0.1, -0.05) is 89.2 Å². The summed E-state index contributed by atoms with van der Waals surface area (Å²) in [5, 5.41) is 54.3. The second-order valence-corrected chi connectivity index (χ2v) is 28.2. The number of nitrogens with one attached hydrogen (secondary N) is 11. The molecule has 0 spiro atoms. The molecule has 1 saturated heterocycles. The number of esters is 1. The van der Waals surface area contributed by atoms with Gasteiger partial charge in [0.15, 0.2) is 23.1 Å². The Labute approximate surface area is 645 Å². The molecule has 1 aromatic heterocycles. The lowest BCUT2D eigenvalue weighted by atomic mass is 9.84. The first kappa shape index (κ1) is 90.8. The van der Waals surface area contributed by atoms with Crippen LogP contribution in [0.1, 0.15) is 152 Å². The van der Waals surface area contributed by atoms with E-state index in [1.165, 1.54) is 52.0 Å². The third-order valence-electron chi connectivity index (χ3n) is 18.8. The largest absolute Gasteiger partial charge is 0.481 e. The first-order chi connectivity index (χ1) is 52.9. The number of aromatic amines is 1. The number of carboxylic acids is 2. The third-order valence-corrected chi connectivity index (χ3v) is 18.8. The number of hydrogen-bond donors (Lipinski definition) is 17. The van der Waals surface area contributed by atoms with Crippen LogP contribution in [0.15, 0.2) is 79.0 Å². The van der Waals surface area contributed by atoms with Gasteiger partial charge in [-0.05, 0) is 92.8 Å². The SMILES string of the molecule is CC(C)c1ccc(CCCC(=O)N[C@@H](Cc2c[nH]c3ccccc23)C(=O)N[C@H](CC(N)=O)C(=O)C[C@@H](C)C(=O)N[C@@H]2C(=O)NCC(=O)N[C@@H](CCCN)C(=O)N[C@@H](CC(=O)O)C(=O)C[C@H](C)C(=O)N[C@@H](C)C(=O)NCC(=O)N[C@H](CO)C(=O)C[C@@H]([C@H](C)CC(=O)O)C(=O)N[C@@H](CC(=O)c3ccccc3N)C(=O)O[C@@H]2C)cc1. The van der Waals surface area contributed by atoms with Gasteiger partial charge in [-0.15, -0.1) is 0 Å². The van der Waals surface area contributed by atoms with Gasteiger partial charge in [0.1, 0.15) is 42.4 Å². The number of aryl methyl sites for hydroxylation is 1. The quantitative estimate of drug-likeness (QED) is 0.0171. The lowest BCUT2D eigenvalue weighted by Gasteiger charge is -2.29. The molecule has 3 aromatic carbocycles. The normalized spacial score (nSPS) is 21.7. The van der Waals surface area contributed by atoms with E-state index in [1.807, 2.05) is 24.3 Å². The number of Topliss-reactive ketones (excluding diaryl/α,β-unsaturated/α-hetero) is 4. The van der Waals surface area contributed by atoms with Gasteiger partial charge in [-0.25, -0.2) is 4.79 Å². The number of benzene rings is 3. The molecule has 36 nitrogen and oxygen atoms in total. The van der Waals surface area contributed by atoms with Crippen molar-refractivity contribution in [3.8, 4) is 0 Å². The Morgan fingerprint density at radius 3 is 1.88 bits per heavy atom. The molecule has 0 radical (unpaired) electrons. The minimum atomic E-state index is -2.17. The molecule has 1 fully saturated rings. The predicted molar refractivity (Wildman–Crippen MR) is 402 cm³/mol. The lowest BCUT2D eigenvalue weighted by Crippen LogP contribution is -2.58. The number of fused-ring (bicyclic) bond motifs is 1. The van der Waals surface area contributed by atoms with Crippen molar-refractivity contribution >= 4 is 123 Å². The van der Waals surface area contributed by atoms with E-state index in [1.54, 1.807) is 30.5 Å². The Kier molecular flexibility index (Phi) is 35.8. The van der Waals surface area contributed by atoms with Crippen LogP contribution in [0, 0.1) is 23.7 Å². The average molecular weight is 1560 g/mol. The van der Waals surface area contributed by atoms with E-state index >= 15 is 0 Å². The van der Waals surface area contributed by atoms with Crippen molar-refractivity contribution in [3.05, 3.63) is 101 Å². The fourth-order valence-electron chi connectivity index (χ4n) is 12.2. The molecule has 0 aliphatic carbocycles. The number of H-pyrrole nitrogens is 1. The summed E-state index contributed by atoms with van der Waals surface area (Å²) in [4.78, 5) is 251. The van der Waals surface area contributed by atoms with Gasteiger partial charge in [-0.3, -0.25) is 81.5 Å². The van der Waals surface area contributed by atoms with Gasteiger partial charge in [0.05, 0.1) is 44.6 Å². The third kappa shape index (κ3) is 28.9. The minimum absolute atomic E-state index is 0.0122. The van der Waals surface area contributed by atoms with Gasteiger partial charge in [0, 0.05) is 91.1 Å². The van der Waals surface area contributed by atoms with Gasteiger partial charge < -0.3 is 95.4 Å². The van der Waals surface area contributed by atoms with Crippen molar-refractivity contribution in [2.45, 2.75) is 192 Å². The number of para-hydroxylation sites is 2. The van der Waals surface area contributed by atoms with E-state index in [2.05, 4.69) is 72.0 Å². The topological polar surface area (TPSA) is 591 Å². The number of aliphatic hydroxyl groups excluding tert-OH is 1. The standard InChI is InChI=1S/C76H102N14O22/c1-38(2)45-23-21-44(22-24-45)14-12-20-63(97)85-55(29-46-34-80-51-18-11-9-15-47(46)51)74(109)87-53(32-62(79)96)59(93)27-41(5)70(105)90-68-43(7)112-76(111)56(31-58(92)48-16-8-10-17-50(48)78)89-72(107)49(39(3)28-66(100)101)30-61(95)57(37-91)86-65(99)35-81-71(106)42(6)83-69(104)40(4)26-60(94)54(33-67(102)103)88-73(108)52(19-13-25-77)84-64(98)36-82-75(68)110/h8-11,15-18,21-24,34,38-43,49,52-57,68,80,91H,12-14,19-20,25-33,35-37,77-78H2,1-7H3,(H2,79,96)(H,81,106)(H,82,110)(H,83,104)(H,84,98)(H,85,97)(H,86,99)(H,87,109)(H,88,108)(H,89,107)(H,90,105)(H,100,101)(H,102,103)/t39-,40+,41-,42+,43-,49+,52+,53-,54+,55+,56+,57-,68+/m1/s1. The van der Waals surface area contributed by atoms with Crippen molar-refractivity contribution < 1.29 is 106 Å². The Balaban J connectivity index is 1.53. The number of carbonyl (C=O) groups is 18. The Morgan fingerprint density at radius 1 is 0.625 bits per heavy atom. The molecule has 13 atom stereocenters. The molecule has 1 aliphatic rings. The van der Waals surface area contributed by atoms with Crippen molar-refractivity contribution in [3.63, 3.8) is 0 Å². The maximum absolute atomic E-state index is 14.8. The summed E-state index contributed by atoms with van der Waals surface area (Å²) in [6.07, 6.45) is -6.08. The summed E-state index contributed by atoms with van der Waals surface area (Å²) in [5.41, 5.74) is 20.6. The number of ketones is 4. The number of aliphatic hydroxyl groups is 1. The molecule has 4 aromatic rings. The number of nitrogen functional groups attached to an aromatic ring is 1. The van der Waals surface area contributed by atoms with Crippen LogP contribution in [-0.4, -0.2) is 207 Å². The number of aromatic nitrogens is 1. The molecule has 112 heavy (non-hydrogen) atoms. The number of hydrogen-bond acceptors (Lipinski definition) is 22. The van der Waals surface area contributed by atoms with Crippen LogP contribution in [-0.2, 0) is 99.1 Å². The smallest absolute Gasteiger partial charge is 0.329 e. The highest BCUT2D eigenvalue weighted by molar-refractivity contribution is 6.05. The van der Waals surface area contributed by atoms with Crippen molar-refractivity contribution in [2.75, 3.05) is 32.0 Å². The highest BCUT2D eigenvalue weighted by Gasteiger charge is 2.40. The van der Waals surface area contributed by atoms with Gasteiger partial charge >= 0.3 is 17.9 Å². The summed E-state index contributed by atoms with van der Waals surface area (Å²) in [7, 11) is 0. The molecule has 36 heteroatoms. The summed E-state index contributed by atoms with van der Waals surface area (Å²) in [6.45, 7) is 6.77. The first-order valence-corrected chi connectivity index (χ1v) is 36.7. The maximum Gasteiger partial charge on any atom is 0.329 e. The molecule has 5 rings (SSSR count). The fraction of sp³-hybridized carbons (Fsp3) is 0.500. The number of carbonyl (C=O) groups excluding carboxylic acids is 16. The number of rotatable bonds is 29. The van der Waals surface area contributed by atoms with Crippen molar-refractivity contribution in [1.29, 1.82) is 0 Å². The first-order valence-electron chi connectivity index (χ1n) is 36.7. The zero-order chi connectivity index (χ0) is 83.2. The van der Waals surface area contributed by atoms with Gasteiger partial charge in [-0.2, -0.15) is 0 Å². The molecule has 11 amide bonds. The van der Waals surface area contributed by atoms with Crippen molar-refractivity contribution in [1.82, 2.24) is 58.2 Å². The predicted octanol–water partition coefficient (Wildman–Crippen LogP) is -1.25. The molecule has 608 valence electrons. The highest BCUT2D eigenvalue weighted by atomic mass is 16.5. The van der Waals surface area contributed by atoms with E-state index in [-0.39, 0.29) is 43.5 Å². The molecular weight excluding hydrogens is 1460 g/mol. The zero-order valence-electron chi connectivity index (χ0n) is 63.4. The van der Waals surface area contributed by atoms with Crippen LogP contribution in [0.5, 0.6) is 0 Å². The van der Waals surface area contributed by atoms with Crippen LogP contribution in [0.3, 0.4) is 0 Å². The Morgan fingerprint density at radius 2 is 1.25 bits per heavy atom. The van der Waals surface area contributed by atoms with Gasteiger partial charge in [0.25, 0.3) is 0 Å². The average Bonchev–Trinajstić information content (AvgIpc) is 1.66. The van der Waals surface area contributed by atoms with Crippen LogP contribution >= 0.6 is 0 Å². The second-order valence-electron chi connectivity index (χ2n) is 28.2. The highest BCUT2D eigenvalue weighted by Crippen LogP contribution is 2.25. The van der Waals surface area contributed by atoms with Crippen molar-refractivity contribution in [2.24, 2.45) is 35.1 Å². The Bertz CT molecular complexity index is 4110. The monoisotopic (exact) mass is 1560 g/mol. The van der Waals surface area contributed by atoms with E-state index in [0.29, 0.717) is 35.2 Å². The van der Waals surface area contributed by atoms with E-state index in [4.69, 9.17) is 21.9 Å². The lowest BCUT2D eigenvalue weighted by molar-refractivity contribution is -0.156. The zero-order valence-corrected chi connectivity index (χ0v) is 63.4. The van der Waals surface area contributed by atoms with Crippen LogP contribution < -0.4 is 70.4 Å². The molecule has 0 saturated carbocycles. The summed E-state index contributed by atoms with van der Waals surface area (Å²) in [6, 6.07) is 6.33. The van der Waals surface area contributed by atoms with Gasteiger partial charge in [0.2, 0.25) is 65.0 Å². The Hall–Kier alpha value is -11.8. The number of carboxylic acid groups (broad SMARTS) is 2. The molecule has 2 heterocycles. The number of ether oxygens (including phenoxy) is 1. The number of aliphatic carboxylic acids is 2. The van der Waals surface area contributed by atoms with Crippen LogP contribution in [0.2, 0.25) is 0 Å². The van der Waals surface area contributed by atoms with E-state index < -0.39 is 249 Å². The summed E-state index contributed by atoms with van der Waals surface area (Å²) in [5.74, 6) is -26.0. The minimum Gasteiger partial charge on any atom is -0.481 e. The van der Waals surface area contributed by atoms with Crippen LogP contribution in [0.25, 0.3) is 10.9 Å². The fourth-order valence-corrected chi connectivity index (χ4v) is 12.2. The number of nitrogens with two attached hydrogens (primary N) is 3. The van der Waals surface area contributed by atoms with Crippen LogP contribution in [0.4, 0.5) is 5.69 Å². The summed E-state index contributed by atoms with van der Waals surface area (Å²) < 4.78 is 5.78. The van der Waals surface area contributed by atoms with E-state index in [9.17, 15) is 102 Å². The number of amides is 11. The number of anilines is 1.